The molecule has 5 atom stereocenters. The Labute approximate surface area is 387 Å². The molecule has 2 aromatic carbocycles. The van der Waals surface area contributed by atoms with E-state index in [4.69, 9.17) is 65.5 Å². The SMILES string of the molecule is [C-]#[N+]c1c(N)nc(SCc2coc(-c3ccc(Cl)cc3)n2)c(C#N)c1-c1ccc(OC[C@@H](COC(=O)[C@H](C)CC(=O)[C@@H](N)CCCCN)OC(=O)[C@H](C)NC(=O)[C@@H](N)CCCCN)cc1. The number of pyridine rings is 1. The average molecular weight is 932 g/mol. The van der Waals surface area contributed by atoms with Gasteiger partial charge in [-0.2, -0.15) is 5.26 Å². The summed E-state index contributed by atoms with van der Waals surface area (Å²) in [6, 6.07) is 12.9. The number of Topliss-reactive ketones (excluding diaryl/α,β-unsaturated/α-hetero) is 1. The highest BCUT2D eigenvalue weighted by Crippen LogP contribution is 2.42. The normalized spacial score (nSPS) is 13.3. The van der Waals surface area contributed by atoms with Crippen LogP contribution in [0, 0.1) is 23.8 Å². The minimum Gasteiger partial charge on any atom is -0.490 e. The number of ether oxygens (including phenoxy) is 3. The van der Waals surface area contributed by atoms with Crippen LogP contribution in [-0.4, -0.2) is 84.1 Å². The maximum Gasteiger partial charge on any atom is 0.328 e. The highest BCUT2D eigenvalue weighted by atomic mass is 35.5. The standard InChI is InChI=1S/C45H55ClN10O8S/c1-26(20-37(57)35(50)8-4-6-18-47)44(59)63-24-33(64-45(60)27(2)54-41(58)36(51)9-5-7-19-48)23-61-32-16-12-28(13-17-32)38-34(21-49)43(56-40(52)39(38)53-3)65-25-31-22-62-42(55-31)29-10-14-30(46)15-11-29/h10-17,22,26-27,33,35-36H,4-9,18-20,23-25,47-48,50-51H2,1-2H3,(H2,52,56)(H,54,58)/t26-,27+,33+,35+,36+/m1/s1. The molecule has 0 aliphatic rings. The molecule has 0 spiro atoms. The van der Waals surface area contributed by atoms with Crippen molar-refractivity contribution >= 4 is 58.5 Å². The Balaban J connectivity index is 1.48. The van der Waals surface area contributed by atoms with Gasteiger partial charge < -0.3 is 52.6 Å². The number of oxazole rings is 1. The second kappa shape index (κ2) is 26.0. The number of nitrogens with zero attached hydrogens (tertiary/aromatic N) is 4. The Kier molecular flexibility index (Phi) is 20.7. The number of nitrogen functional groups attached to an aromatic ring is 1. The Morgan fingerprint density at radius 2 is 1.57 bits per heavy atom. The molecule has 65 heavy (non-hydrogen) atoms. The van der Waals surface area contributed by atoms with Crippen molar-refractivity contribution in [1.29, 1.82) is 5.26 Å². The van der Waals surface area contributed by atoms with Gasteiger partial charge >= 0.3 is 11.9 Å². The smallest absolute Gasteiger partial charge is 0.328 e. The number of nitriles is 1. The first-order chi connectivity index (χ1) is 31.2. The number of amides is 1. The summed E-state index contributed by atoms with van der Waals surface area (Å²) in [6.45, 7) is 11.0. The number of benzene rings is 2. The molecule has 0 radical (unpaired) electrons. The van der Waals surface area contributed by atoms with Crippen molar-refractivity contribution in [2.75, 3.05) is 32.0 Å². The van der Waals surface area contributed by atoms with Gasteiger partial charge in [-0.25, -0.2) is 19.6 Å². The summed E-state index contributed by atoms with van der Waals surface area (Å²) in [5.41, 5.74) is 31.5. The molecule has 0 bridgehead atoms. The van der Waals surface area contributed by atoms with Crippen LogP contribution < -0.4 is 38.7 Å². The molecule has 0 aliphatic carbocycles. The third-order valence-electron chi connectivity index (χ3n) is 9.97. The Morgan fingerprint density at radius 1 is 0.923 bits per heavy atom. The van der Waals surface area contributed by atoms with Crippen LogP contribution in [0.2, 0.25) is 5.02 Å². The predicted octanol–water partition coefficient (Wildman–Crippen LogP) is 5.20. The number of carbonyl (C=O) groups excluding carboxylic acids is 4. The van der Waals surface area contributed by atoms with Gasteiger partial charge in [-0.05, 0) is 87.7 Å². The number of rotatable bonds is 26. The Morgan fingerprint density at radius 3 is 2.20 bits per heavy atom. The number of hydrogen-bond acceptors (Lipinski definition) is 17. The van der Waals surface area contributed by atoms with E-state index in [1.807, 2.05) is 0 Å². The number of nitrogens with two attached hydrogens (primary N) is 5. The van der Waals surface area contributed by atoms with Crippen LogP contribution in [0.25, 0.3) is 27.4 Å². The van der Waals surface area contributed by atoms with Crippen LogP contribution in [0.1, 0.15) is 70.1 Å². The lowest BCUT2D eigenvalue weighted by molar-refractivity contribution is -0.164. The van der Waals surface area contributed by atoms with Gasteiger partial charge in [0.2, 0.25) is 17.5 Å². The van der Waals surface area contributed by atoms with Crippen molar-refractivity contribution in [3.8, 4) is 34.4 Å². The largest absolute Gasteiger partial charge is 0.490 e. The van der Waals surface area contributed by atoms with E-state index in [1.165, 1.54) is 31.9 Å². The predicted molar refractivity (Wildman–Crippen MR) is 246 cm³/mol. The van der Waals surface area contributed by atoms with Crippen molar-refractivity contribution in [2.24, 2.45) is 28.9 Å². The van der Waals surface area contributed by atoms with E-state index in [-0.39, 0.29) is 58.0 Å². The van der Waals surface area contributed by atoms with E-state index in [9.17, 15) is 24.4 Å². The van der Waals surface area contributed by atoms with Gasteiger partial charge in [-0.3, -0.25) is 14.4 Å². The van der Waals surface area contributed by atoms with Gasteiger partial charge in [-0.1, -0.05) is 55.3 Å². The summed E-state index contributed by atoms with van der Waals surface area (Å²) >= 11 is 7.21. The average Bonchev–Trinajstić information content (AvgIpc) is 3.78. The first-order valence-corrected chi connectivity index (χ1v) is 22.3. The van der Waals surface area contributed by atoms with Crippen LogP contribution in [0.3, 0.4) is 0 Å². The second-order valence-corrected chi connectivity index (χ2v) is 16.6. The number of halogens is 1. The third-order valence-corrected chi connectivity index (χ3v) is 11.2. The van der Waals surface area contributed by atoms with Gasteiger partial charge in [0.25, 0.3) is 0 Å². The van der Waals surface area contributed by atoms with E-state index in [0.29, 0.717) is 67.4 Å². The number of esters is 2. The second-order valence-electron chi connectivity index (χ2n) is 15.2. The molecule has 0 saturated carbocycles. The van der Waals surface area contributed by atoms with Crippen molar-refractivity contribution in [1.82, 2.24) is 15.3 Å². The number of ketones is 1. The van der Waals surface area contributed by atoms with Gasteiger partial charge in [-0.15, -0.1) is 0 Å². The fraction of sp³-hybridized carbons (Fsp3) is 0.422. The van der Waals surface area contributed by atoms with Gasteiger partial charge in [0, 0.05) is 28.3 Å². The van der Waals surface area contributed by atoms with Crippen molar-refractivity contribution < 1.29 is 37.8 Å². The molecule has 20 heteroatoms. The number of anilines is 1. The minimum absolute atomic E-state index is 0.0120. The fourth-order valence-electron chi connectivity index (χ4n) is 6.25. The highest BCUT2D eigenvalue weighted by Gasteiger charge is 2.28. The molecular weight excluding hydrogens is 876 g/mol. The number of thioether (sulfide) groups is 1. The molecule has 18 nitrogen and oxygen atoms in total. The van der Waals surface area contributed by atoms with E-state index in [2.05, 4.69) is 26.2 Å². The molecule has 0 unspecified atom stereocenters. The van der Waals surface area contributed by atoms with Crippen LogP contribution in [0.5, 0.6) is 5.75 Å². The van der Waals surface area contributed by atoms with E-state index >= 15 is 0 Å². The molecule has 4 aromatic rings. The van der Waals surface area contributed by atoms with Crippen LogP contribution in [-0.2, 0) is 34.4 Å². The van der Waals surface area contributed by atoms with Crippen LogP contribution >= 0.6 is 23.4 Å². The number of hydrogen-bond donors (Lipinski definition) is 6. The van der Waals surface area contributed by atoms with Crippen LogP contribution in [0.4, 0.5) is 11.5 Å². The molecule has 1 amide bonds. The summed E-state index contributed by atoms with van der Waals surface area (Å²) in [6.07, 6.45) is 3.73. The highest BCUT2D eigenvalue weighted by molar-refractivity contribution is 7.98. The first-order valence-electron chi connectivity index (χ1n) is 21.0. The maximum absolute atomic E-state index is 13.2. The summed E-state index contributed by atoms with van der Waals surface area (Å²) < 4.78 is 22.8. The first kappa shape index (κ1) is 51.6. The van der Waals surface area contributed by atoms with Crippen LogP contribution in [0.15, 0.2) is 64.2 Å². The molecule has 346 valence electrons. The summed E-state index contributed by atoms with van der Waals surface area (Å²) in [5, 5.41) is 13.8. The van der Waals surface area contributed by atoms with Crippen molar-refractivity contribution in [3.05, 3.63) is 82.5 Å². The van der Waals surface area contributed by atoms with Crippen molar-refractivity contribution in [3.63, 3.8) is 0 Å². The topological polar surface area (TPSA) is 305 Å². The molecule has 4 rings (SSSR count). The molecule has 0 fully saturated rings. The maximum atomic E-state index is 13.2. The monoisotopic (exact) mass is 930 g/mol. The minimum atomic E-state index is -1.17. The molecule has 0 saturated heterocycles. The Bertz CT molecular complexity index is 2320. The molecule has 11 N–H and O–H groups in total. The van der Waals surface area contributed by atoms with Crippen molar-refractivity contribution in [2.45, 2.75) is 93.8 Å². The fourth-order valence-corrected chi connectivity index (χ4v) is 7.24. The zero-order valence-corrected chi connectivity index (χ0v) is 37.9. The van der Waals surface area contributed by atoms with Gasteiger partial charge in [0.15, 0.2) is 6.10 Å². The van der Waals surface area contributed by atoms with E-state index in [1.54, 1.807) is 48.5 Å². The molecule has 2 heterocycles. The van der Waals surface area contributed by atoms with Gasteiger partial charge in [0.1, 0.15) is 54.0 Å². The lowest BCUT2D eigenvalue weighted by Gasteiger charge is -2.23. The summed E-state index contributed by atoms with van der Waals surface area (Å²) in [5.74, 6) is -2.36. The number of aromatic nitrogens is 2. The molecular formula is C45H55ClN10O8S. The quantitative estimate of drug-likeness (QED) is 0.0204. The Hall–Kier alpha value is -6.06. The van der Waals surface area contributed by atoms with Gasteiger partial charge in [0.05, 0.1) is 35.8 Å². The number of carbonyl (C=O) groups is 4. The van der Waals surface area contributed by atoms with E-state index in [0.717, 1.165) is 12.0 Å². The van der Waals surface area contributed by atoms with E-state index < -0.39 is 54.6 Å². The molecule has 2 aromatic heterocycles. The zero-order chi connectivity index (χ0) is 47.5. The lowest BCUT2D eigenvalue weighted by atomic mass is 9.97. The summed E-state index contributed by atoms with van der Waals surface area (Å²) in [4.78, 5) is 64.1. The number of unbranched alkanes of at least 4 members (excludes halogenated alkanes) is 2. The third kappa shape index (κ3) is 15.6. The lowest BCUT2D eigenvalue weighted by Crippen LogP contribution is -2.48. The molecule has 0 aliphatic heterocycles. The number of nitrogens with one attached hydrogen (secondary N) is 1. The zero-order valence-electron chi connectivity index (χ0n) is 36.3. The summed E-state index contributed by atoms with van der Waals surface area (Å²) in [7, 11) is 0.